The number of H-pyrrole nitrogens is 1. The highest BCUT2D eigenvalue weighted by Gasteiger charge is 2.11. The summed E-state index contributed by atoms with van der Waals surface area (Å²) >= 11 is 6.22. The molecule has 1 heterocycles. The van der Waals surface area contributed by atoms with Gasteiger partial charge in [-0.25, -0.2) is 5.43 Å². The zero-order chi connectivity index (χ0) is 21.5. The van der Waals surface area contributed by atoms with Crippen molar-refractivity contribution in [3.63, 3.8) is 0 Å². The summed E-state index contributed by atoms with van der Waals surface area (Å²) in [5.41, 5.74) is 3.71. The van der Waals surface area contributed by atoms with Crippen molar-refractivity contribution in [1.29, 1.82) is 0 Å². The summed E-state index contributed by atoms with van der Waals surface area (Å²) in [6, 6.07) is 10.3. The maximum absolute atomic E-state index is 12.3. The summed E-state index contributed by atoms with van der Waals surface area (Å²) in [5, 5.41) is 12.4. The number of halogens is 1. The van der Waals surface area contributed by atoms with Crippen molar-refractivity contribution in [3.05, 3.63) is 57.3 Å². The number of nitrogens with zero attached hydrogens (tertiary/aromatic N) is 3. The molecular formula is C20H20ClN5O4. The number of aromatic nitrogens is 3. The van der Waals surface area contributed by atoms with E-state index >= 15 is 0 Å². The normalized spacial score (nSPS) is 10.8. The molecule has 0 radical (unpaired) electrons. The van der Waals surface area contributed by atoms with Crippen molar-refractivity contribution >= 4 is 23.8 Å². The number of hydrazone groups is 1. The predicted molar refractivity (Wildman–Crippen MR) is 115 cm³/mol. The molecule has 10 heteroatoms. The quantitative estimate of drug-likeness (QED) is 0.417. The van der Waals surface area contributed by atoms with E-state index in [0.717, 1.165) is 0 Å². The largest absolute Gasteiger partial charge is 0.497 e. The second kappa shape index (κ2) is 9.75. The molecule has 9 nitrogen and oxygen atoms in total. The van der Waals surface area contributed by atoms with Gasteiger partial charge in [0.15, 0.2) is 17.2 Å². The van der Waals surface area contributed by atoms with E-state index in [-0.39, 0.29) is 11.6 Å². The van der Waals surface area contributed by atoms with Crippen LogP contribution in [-0.2, 0) is 0 Å². The number of anilines is 1. The molecule has 2 N–H and O–H groups in total. The van der Waals surface area contributed by atoms with Gasteiger partial charge in [-0.2, -0.15) is 5.10 Å². The number of nitrogens with one attached hydrogen (secondary N) is 2. The van der Waals surface area contributed by atoms with Gasteiger partial charge in [-0.1, -0.05) is 11.6 Å². The Balaban J connectivity index is 1.75. The highest BCUT2D eigenvalue weighted by atomic mass is 35.5. The summed E-state index contributed by atoms with van der Waals surface area (Å²) in [4.78, 5) is 14.9. The summed E-state index contributed by atoms with van der Waals surface area (Å²) in [5.74, 6) is 1.74. The van der Waals surface area contributed by atoms with E-state index in [9.17, 15) is 4.79 Å². The topological polar surface area (TPSA) is 111 Å². The Bertz CT molecular complexity index is 1100. The highest BCUT2D eigenvalue weighted by molar-refractivity contribution is 6.32. The molecule has 0 aliphatic heterocycles. The van der Waals surface area contributed by atoms with Gasteiger partial charge in [0, 0.05) is 5.56 Å². The van der Waals surface area contributed by atoms with Crippen LogP contribution in [0.15, 0.2) is 46.3 Å². The number of rotatable bonds is 8. The maximum atomic E-state index is 12.3. The molecule has 0 amide bonds. The van der Waals surface area contributed by atoms with E-state index in [4.69, 9.17) is 25.8 Å². The molecule has 0 unspecified atom stereocenters. The molecule has 3 rings (SSSR count). The Kier molecular flexibility index (Phi) is 6.87. The number of methoxy groups -OCH3 is 2. The molecular weight excluding hydrogens is 410 g/mol. The molecule has 1 aromatic heterocycles. The molecule has 0 saturated heterocycles. The van der Waals surface area contributed by atoms with Crippen LogP contribution in [0, 0.1) is 0 Å². The van der Waals surface area contributed by atoms with Crippen molar-refractivity contribution in [1.82, 2.24) is 15.2 Å². The van der Waals surface area contributed by atoms with Gasteiger partial charge in [-0.3, -0.25) is 9.78 Å². The second-order valence-electron chi connectivity index (χ2n) is 5.92. The van der Waals surface area contributed by atoms with E-state index in [1.165, 1.54) is 13.3 Å². The lowest BCUT2D eigenvalue weighted by molar-refractivity contribution is 0.311. The van der Waals surface area contributed by atoms with Gasteiger partial charge in [0.25, 0.3) is 5.56 Å². The fourth-order valence-electron chi connectivity index (χ4n) is 2.62. The summed E-state index contributed by atoms with van der Waals surface area (Å²) < 4.78 is 15.9. The molecule has 0 fully saturated rings. The summed E-state index contributed by atoms with van der Waals surface area (Å²) in [7, 11) is 3.09. The first-order valence-corrected chi connectivity index (χ1v) is 9.34. The van der Waals surface area contributed by atoms with Crippen molar-refractivity contribution in [2.24, 2.45) is 5.10 Å². The van der Waals surface area contributed by atoms with Crippen LogP contribution in [0.1, 0.15) is 12.5 Å². The van der Waals surface area contributed by atoms with Gasteiger partial charge in [-0.15, -0.1) is 10.2 Å². The second-order valence-corrected chi connectivity index (χ2v) is 6.32. The van der Waals surface area contributed by atoms with Crippen LogP contribution in [0.5, 0.6) is 17.2 Å². The van der Waals surface area contributed by atoms with E-state index in [0.29, 0.717) is 40.0 Å². The minimum Gasteiger partial charge on any atom is -0.497 e. The maximum Gasteiger partial charge on any atom is 0.279 e. The Morgan fingerprint density at radius 2 is 1.93 bits per heavy atom. The molecule has 0 aliphatic rings. The molecule has 0 atom stereocenters. The molecule has 156 valence electrons. The molecule has 30 heavy (non-hydrogen) atoms. The number of aromatic amines is 1. The van der Waals surface area contributed by atoms with Gasteiger partial charge < -0.3 is 14.2 Å². The van der Waals surface area contributed by atoms with Crippen LogP contribution in [0.3, 0.4) is 0 Å². The third-order valence-electron chi connectivity index (χ3n) is 3.98. The van der Waals surface area contributed by atoms with Crippen molar-refractivity contribution in [2.75, 3.05) is 26.3 Å². The zero-order valence-corrected chi connectivity index (χ0v) is 17.4. The van der Waals surface area contributed by atoms with E-state index in [1.54, 1.807) is 43.5 Å². The molecule has 0 saturated carbocycles. The predicted octanol–water partition coefficient (Wildman–Crippen LogP) is 3.35. The minimum atomic E-state index is -0.404. The Morgan fingerprint density at radius 1 is 1.17 bits per heavy atom. The van der Waals surface area contributed by atoms with Crippen LogP contribution >= 0.6 is 11.6 Å². The van der Waals surface area contributed by atoms with Gasteiger partial charge in [-0.05, 0) is 48.9 Å². The van der Waals surface area contributed by atoms with Crippen LogP contribution in [-0.4, -0.2) is 42.2 Å². The van der Waals surface area contributed by atoms with E-state index in [1.807, 2.05) is 6.92 Å². The lowest BCUT2D eigenvalue weighted by atomic mass is 10.1. The molecule has 2 aromatic carbocycles. The first kappa shape index (κ1) is 21.1. The van der Waals surface area contributed by atoms with Gasteiger partial charge in [0.2, 0.25) is 5.95 Å². The third kappa shape index (κ3) is 4.87. The molecule has 0 aliphatic carbocycles. The van der Waals surface area contributed by atoms with Crippen molar-refractivity contribution < 1.29 is 14.2 Å². The lowest BCUT2D eigenvalue weighted by Crippen LogP contribution is -2.15. The molecule has 3 aromatic rings. The fraction of sp³-hybridized carbons (Fsp3) is 0.200. The van der Waals surface area contributed by atoms with Crippen LogP contribution < -0.4 is 25.2 Å². The summed E-state index contributed by atoms with van der Waals surface area (Å²) in [6.07, 6.45) is 1.51. The van der Waals surface area contributed by atoms with E-state index < -0.39 is 5.56 Å². The van der Waals surface area contributed by atoms with Gasteiger partial charge in [0.05, 0.1) is 32.1 Å². The average molecular weight is 430 g/mol. The molecule has 0 bridgehead atoms. The van der Waals surface area contributed by atoms with Gasteiger partial charge >= 0.3 is 0 Å². The first-order chi connectivity index (χ1) is 14.5. The van der Waals surface area contributed by atoms with Crippen molar-refractivity contribution in [3.8, 4) is 28.5 Å². The number of ether oxygens (including phenoxy) is 3. The van der Waals surface area contributed by atoms with Crippen LogP contribution in [0.4, 0.5) is 5.95 Å². The Hall–Kier alpha value is -3.59. The van der Waals surface area contributed by atoms with E-state index in [2.05, 4.69) is 25.7 Å². The fourth-order valence-corrected chi connectivity index (χ4v) is 2.91. The Labute approximate surface area is 177 Å². The Morgan fingerprint density at radius 3 is 2.57 bits per heavy atom. The monoisotopic (exact) mass is 429 g/mol. The smallest absolute Gasteiger partial charge is 0.279 e. The minimum absolute atomic E-state index is 0.0955. The van der Waals surface area contributed by atoms with Gasteiger partial charge in [0.1, 0.15) is 5.75 Å². The number of hydrogen-bond acceptors (Lipinski definition) is 8. The standard InChI is InChI=1S/C20H20ClN5O4/c1-4-30-16-10-12(9-15(21)18(16)29-3)11-22-25-20-23-19(27)17(24-26-20)13-5-7-14(28-2)8-6-13/h5-11H,4H2,1-3H3,(H2,23,25,26,27)/b22-11+. The molecule has 0 spiro atoms. The average Bonchev–Trinajstić information content (AvgIpc) is 2.74. The number of benzene rings is 2. The highest BCUT2D eigenvalue weighted by Crippen LogP contribution is 2.35. The SMILES string of the molecule is CCOc1cc(/C=N/Nc2nnc(-c3ccc(OC)cc3)c(=O)[nH]2)cc(Cl)c1OC. The summed E-state index contributed by atoms with van der Waals surface area (Å²) in [6.45, 7) is 2.32. The third-order valence-corrected chi connectivity index (χ3v) is 4.26. The van der Waals surface area contributed by atoms with Crippen molar-refractivity contribution in [2.45, 2.75) is 6.92 Å². The lowest BCUT2D eigenvalue weighted by Gasteiger charge is -2.11. The zero-order valence-electron chi connectivity index (χ0n) is 16.6. The number of hydrogen-bond donors (Lipinski definition) is 2. The first-order valence-electron chi connectivity index (χ1n) is 8.96. The van der Waals surface area contributed by atoms with Crippen LogP contribution in [0.25, 0.3) is 11.3 Å². The van der Waals surface area contributed by atoms with Crippen LogP contribution in [0.2, 0.25) is 5.02 Å².